The van der Waals surface area contributed by atoms with Crippen LogP contribution in [0, 0.1) is 0 Å². The van der Waals surface area contributed by atoms with Crippen molar-refractivity contribution in [1.29, 1.82) is 0 Å². The first-order valence-electron chi connectivity index (χ1n) is 5.13. The molecule has 1 rings (SSSR count). The zero-order valence-electron chi connectivity index (χ0n) is 9.40. The van der Waals surface area contributed by atoms with E-state index in [1.54, 1.807) is 32.1 Å². The number of benzene rings is 1. The Morgan fingerprint density at radius 1 is 1.25 bits per heavy atom. The van der Waals surface area contributed by atoms with Crippen LogP contribution in [0.25, 0.3) is 5.57 Å². The number of hydrogen-bond donors (Lipinski definition) is 0. The van der Waals surface area contributed by atoms with Crippen LogP contribution in [0.1, 0.15) is 19.4 Å². The second-order valence-corrected chi connectivity index (χ2v) is 3.12. The van der Waals surface area contributed by atoms with Crippen LogP contribution >= 0.6 is 0 Å². The highest BCUT2D eigenvalue weighted by molar-refractivity contribution is 6.51. The van der Waals surface area contributed by atoms with E-state index in [4.69, 9.17) is 0 Å². The molecule has 0 aliphatic carbocycles. The first kappa shape index (κ1) is 12.2. The summed E-state index contributed by atoms with van der Waals surface area (Å²) < 4.78 is 4.68. The van der Waals surface area contributed by atoms with Crippen molar-refractivity contribution in [1.82, 2.24) is 0 Å². The van der Waals surface area contributed by atoms with E-state index in [-0.39, 0.29) is 6.61 Å². The third kappa shape index (κ3) is 2.79. The van der Waals surface area contributed by atoms with Crippen LogP contribution in [-0.2, 0) is 14.3 Å². The molecule has 0 aromatic heterocycles. The average Bonchev–Trinajstić information content (AvgIpc) is 2.31. The standard InChI is InChI=1S/C13H14O3/c1-3-11(10-8-6-5-7-9-10)12(14)13(15)16-4-2/h3,5-9H,4H2,1-2H3. The first-order valence-corrected chi connectivity index (χ1v) is 5.13. The molecule has 3 heteroatoms. The van der Waals surface area contributed by atoms with Crippen LogP contribution in [0.3, 0.4) is 0 Å². The minimum absolute atomic E-state index is 0.205. The molecule has 0 aliphatic rings. The Morgan fingerprint density at radius 3 is 2.38 bits per heavy atom. The number of Topliss-reactive ketones (excluding diaryl/α,β-unsaturated/α-hetero) is 1. The molecular formula is C13H14O3. The molecule has 3 nitrogen and oxygen atoms in total. The Morgan fingerprint density at radius 2 is 1.88 bits per heavy atom. The van der Waals surface area contributed by atoms with E-state index >= 15 is 0 Å². The number of allylic oxidation sites excluding steroid dienone is 1. The molecule has 84 valence electrons. The number of carbonyl (C=O) groups is 2. The summed E-state index contributed by atoms with van der Waals surface area (Å²) in [5.74, 6) is -1.41. The van der Waals surface area contributed by atoms with E-state index in [0.717, 1.165) is 5.56 Å². The molecule has 0 fully saturated rings. The molecule has 0 saturated carbocycles. The second kappa shape index (κ2) is 5.85. The van der Waals surface area contributed by atoms with Crippen LogP contribution in [0.5, 0.6) is 0 Å². The topological polar surface area (TPSA) is 43.4 Å². The van der Waals surface area contributed by atoms with Crippen molar-refractivity contribution in [2.24, 2.45) is 0 Å². The van der Waals surface area contributed by atoms with Gasteiger partial charge in [0, 0.05) is 5.57 Å². The minimum atomic E-state index is -0.806. The molecule has 0 unspecified atom stereocenters. The molecule has 1 aromatic rings. The number of hydrogen-bond acceptors (Lipinski definition) is 3. The van der Waals surface area contributed by atoms with E-state index in [9.17, 15) is 9.59 Å². The van der Waals surface area contributed by atoms with Crippen LogP contribution < -0.4 is 0 Å². The lowest BCUT2D eigenvalue weighted by Gasteiger charge is -2.05. The zero-order valence-corrected chi connectivity index (χ0v) is 9.40. The van der Waals surface area contributed by atoms with E-state index in [2.05, 4.69) is 4.74 Å². The van der Waals surface area contributed by atoms with Gasteiger partial charge in [-0.2, -0.15) is 0 Å². The molecule has 1 aromatic carbocycles. The predicted octanol–water partition coefficient (Wildman–Crippen LogP) is 2.22. The number of carbonyl (C=O) groups excluding carboxylic acids is 2. The molecule has 0 atom stereocenters. The van der Waals surface area contributed by atoms with Gasteiger partial charge in [-0.25, -0.2) is 4.79 Å². The normalized spacial score (nSPS) is 11.0. The third-order valence-electron chi connectivity index (χ3n) is 2.08. The summed E-state index contributed by atoms with van der Waals surface area (Å²) in [4.78, 5) is 23.0. The van der Waals surface area contributed by atoms with Gasteiger partial charge in [-0.3, -0.25) is 4.79 Å². The van der Waals surface area contributed by atoms with Crippen molar-refractivity contribution in [2.45, 2.75) is 13.8 Å². The third-order valence-corrected chi connectivity index (χ3v) is 2.08. The van der Waals surface area contributed by atoms with Gasteiger partial charge in [-0.1, -0.05) is 36.4 Å². The van der Waals surface area contributed by atoms with Crippen LogP contribution in [0.2, 0.25) is 0 Å². The van der Waals surface area contributed by atoms with Gasteiger partial charge in [0.25, 0.3) is 5.78 Å². The number of ether oxygens (including phenoxy) is 1. The Labute approximate surface area is 94.7 Å². The molecule has 16 heavy (non-hydrogen) atoms. The van der Waals surface area contributed by atoms with E-state index < -0.39 is 11.8 Å². The van der Waals surface area contributed by atoms with Crippen molar-refractivity contribution < 1.29 is 14.3 Å². The fourth-order valence-corrected chi connectivity index (χ4v) is 1.35. The summed E-state index contributed by atoms with van der Waals surface area (Å²) in [6, 6.07) is 9.05. The Kier molecular flexibility index (Phi) is 4.45. The molecule has 0 saturated heterocycles. The summed E-state index contributed by atoms with van der Waals surface area (Å²) in [6.07, 6.45) is 1.62. The predicted molar refractivity (Wildman–Crippen MR) is 61.7 cm³/mol. The molecular weight excluding hydrogens is 204 g/mol. The van der Waals surface area contributed by atoms with Crippen molar-refractivity contribution in [3.63, 3.8) is 0 Å². The van der Waals surface area contributed by atoms with Gasteiger partial charge in [0.2, 0.25) is 0 Å². The number of esters is 1. The maximum atomic E-state index is 11.7. The summed E-state index contributed by atoms with van der Waals surface area (Å²) in [5, 5.41) is 0. The van der Waals surface area contributed by atoms with Gasteiger partial charge in [0.15, 0.2) is 0 Å². The maximum Gasteiger partial charge on any atom is 0.379 e. The van der Waals surface area contributed by atoms with Crippen molar-refractivity contribution in [3.05, 3.63) is 42.0 Å². The van der Waals surface area contributed by atoms with Crippen molar-refractivity contribution >= 4 is 17.3 Å². The zero-order chi connectivity index (χ0) is 12.0. The molecule has 0 amide bonds. The van der Waals surface area contributed by atoms with Gasteiger partial charge >= 0.3 is 5.97 Å². The van der Waals surface area contributed by atoms with Gasteiger partial charge in [-0.05, 0) is 19.4 Å². The second-order valence-electron chi connectivity index (χ2n) is 3.12. The lowest BCUT2D eigenvalue weighted by atomic mass is 10.0. The van der Waals surface area contributed by atoms with Gasteiger partial charge in [0.1, 0.15) is 0 Å². The van der Waals surface area contributed by atoms with E-state index in [1.165, 1.54) is 0 Å². The van der Waals surface area contributed by atoms with Gasteiger partial charge in [-0.15, -0.1) is 0 Å². The summed E-state index contributed by atoms with van der Waals surface area (Å²) in [5.41, 5.74) is 1.10. The monoisotopic (exact) mass is 218 g/mol. The number of ketones is 1. The Hall–Kier alpha value is -1.90. The summed E-state index contributed by atoms with van der Waals surface area (Å²) >= 11 is 0. The van der Waals surface area contributed by atoms with Crippen LogP contribution in [-0.4, -0.2) is 18.4 Å². The fourth-order valence-electron chi connectivity index (χ4n) is 1.35. The highest BCUT2D eigenvalue weighted by atomic mass is 16.5. The lowest BCUT2D eigenvalue weighted by molar-refractivity contribution is -0.150. The number of rotatable bonds is 4. The molecule has 0 spiro atoms. The summed E-state index contributed by atoms with van der Waals surface area (Å²) in [6.45, 7) is 3.60. The smallest absolute Gasteiger partial charge is 0.379 e. The van der Waals surface area contributed by atoms with Crippen LogP contribution in [0.15, 0.2) is 36.4 Å². The molecule has 0 bridgehead atoms. The largest absolute Gasteiger partial charge is 0.460 e. The van der Waals surface area contributed by atoms with Crippen molar-refractivity contribution in [3.8, 4) is 0 Å². The Balaban J connectivity index is 2.93. The minimum Gasteiger partial charge on any atom is -0.460 e. The summed E-state index contributed by atoms with van der Waals surface area (Å²) in [7, 11) is 0. The quantitative estimate of drug-likeness (QED) is 0.442. The fraction of sp³-hybridized carbons (Fsp3) is 0.231. The van der Waals surface area contributed by atoms with Crippen molar-refractivity contribution in [2.75, 3.05) is 6.61 Å². The first-order chi connectivity index (χ1) is 7.70. The SMILES string of the molecule is CC=C(C(=O)C(=O)OCC)c1ccccc1. The van der Waals surface area contributed by atoms with E-state index in [0.29, 0.717) is 5.57 Å². The molecule has 0 N–H and O–H groups in total. The van der Waals surface area contributed by atoms with Gasteiger partial charge in [0.05, 0.1) is 6.61 Å². The average molecular weight is 218 g/mol. The lowest BCUT2D eigenvalue weighted by Crippen LogP contribution is -2.18. The van der Waals surface area contributed by atoms with Gasteiger partial charge < -0.3 is 4.74 Å². The van der Waals surface area contributed by atoms with E-state index in [1.807, 2.05) is 18.2 Å². The molecule has 0 aliphatic heterocycles. The maximum absolute atomic E-state index is 11.7. The molecule has 0 radical (unpaired) electrons. The van der Waals surface area contributed by atoms with Crippen LogP contribution in [0.4, 0.5) is 0 Å². The Bertz CT molecular complexity index is 404. The highest BCUT2D eigenvalue weighted by Gasteiger charge is 2.20. The molecule has 0 heterocycles. The highest BCUT2D eigenvalue weighted by Crippen LogP contribution is 2.15.